The number of anilines is 2. The van der Waals surface area contributed by atoms with E-state index in [4.69, 9.17) is 0 Å². The van der Waals surface area contributed by atoms with Crippen molar-refractivity contribution < 1.29 is 18.0 Å². The van der Waals surface area contributed by atoms with Gasteiger partial charge in [-0.05, 0) is 42.0 Å². The third kappa shape index (κ3) is 4.57. The topological polar surface area (TPSA) is 95.6 Å². The fourth-order valence-corrected chi connectivity index (χ4v) is 5.73. The van der Waals surface area contributed by atoms with Crippen LogP contribution in [-0.2, 0) is 14.8 Å². The van der Waals surface area contributed by atoms with Crippen LogP contribution >= 0.6 is 0 Å². The van der Waals surface area contributed by atoms with Crippen molar-refractivity contribution in [3.05, 3.63) is 66.2 Å². The molecule has 0 fully saturated rings. The summed E-state index contributed by atoms with van der Waals surface area (Å²) in [6, 6.07) is 17.6. The van der Waals surface area contributed by atoms with Crippen molar-refractivity contribution in [1.82, 2.24) is 5.32 Å². The van der Waals surface area contributed by atoms with Crippen molar-refractivity contribution in [3.63, 3.8) is 0 Å². The lowest BCUT2D eigenvalue weighted by Crippen LogP contribution is -2.29. The fraction of sp³-hybridized carbons (Fsp3) is 0.280. The average molecular weight is 466 g/mol. The fourth-order valence-electron chi connectivity index (χ4n) is 3.98. The van der Waals surface area contributed by atoms with Crippen LogP contribution in [0.5, 0.6) is 0 Å². The molecule has 0 spiro atoms. The van der Waals surface area contributed by atoms with Crippen molar-refractivity contribution in [2.45, 2.75) is 31.6 Å². The summed E-state index contributed by atoms with van der Waals surface area (Å²) in [5.74, 6) is -0.199. The zero-order valence-electron chi connectivity index (χ0n) is 18.7. The first-order chi connectivity index (χ1) is 15.8. The number of amides is 2. The highest BCUT2D eigenvalue weighted by Gasteiger charge is 2.35. The number of nitrogens with zero attached hydrogens (tertiary/aromatic N) is 1. The lowest BCUT2D eigenvalue weighted by molar-refractivity contribution is -0.116. The second-order valence-corrected chi connectivity index (χ2v) is 10.3. The lowest BCUT2D eigenvalue weighted by atomic mass is 10.1. The lowest BCUT2D eigenvalue weighted by Gasteiger charge is -2.18. The monoisotopic (exact) mass is 465 g/mol. The summed E-state index contributed by atoms with van der Waals surface area (Å²) in [5, 5.41) is 7.25. The summed E-state index contributed by atoms with van der Waals surface area (Å²) in [7, 11) is -3.64. The predicted molar refractivity (Wildman–Crippen MR) is 130 cm³/mol. The standard InChI is InChI=1S/C25H27N3O4S/c1-17(2)16-26-25(30)19-10-3-4-11-20(19)27-23(29)14-7-15-28-21-12-5-8-18-9-6-13-22(24(18)21)33(28,31)32/h3-6,8-13,17H,7,14-16H2,1-2H3,(H,26,30)(H,27,29). The minimum atomic E-state index is -3.64. The molecule has 2 N–H and O–H groups in total. The number of hydrogen-bond donors (Lipinski definition) is 2. The van der Waals surface area contributed by atoms with E-state index in [1.54, 1.807) is 42.5 Å². The Morgan fingerprint density at radius 3 is 2.45 bits per heavy atom. The van der Waals surface area contributed by atoms with E-state index in [0.717, 1.165) is 10.8 Å². The summed E-state index contributed by atoms with van der Waals surface area (Å²) in [6.07, 6.45) is 0.470. The molecular formula is C25H27N3O4S. The minimum absolute atomic E-state index is 0.125. The molecule has 0 atom stereocenters. The van der Waals surface area contributed by atoms with E-state index in [9.17, 15) is 18.0 Å². The van der Waals surface area contributed by atoms with E-state index < -0.39 is 10.0 Å². The summed E-state index contributed by atoms with van der Waals surface area (Å²) < 4.78 is 27.5. The molecule has 0 radical (unpaired) electrons. The smallest absolute Gasteiger partial charge is 0.265 e. The average Bonchev–Trinajstić information content (AvgIpc) is 3.01. The summed E-state index contributed by atoms with van der Waals surface area (Å²) in [6.45, 7) is 4.75. The number of rotatable bonds is 8. The SMILES string of the molecule is CC(C)CNC(=O)c1ccccc1NC(=O)CCCN1c2cccc3cccc(c23)S1(=O)=O. The maximum absolute atomic E-state index is 13.0. The van der Waals surface area contributed by atoms with Gasteiger partial charge < -0.3 is 10.6 Å². The first-order valence-corrected chi connectivity index (χ1v) is 12.4. The van der Waals surface area contributed by atoms with Gasteiger partial charge in [-0.2, -0.15) is 0 Å². The molecule has 3 aromatic rings. The van der Waals surface area contributed by atoms with Crippen LogP contribution in [0, 0.1) is 5.92 Å². The second-order valence-electron chi connectivity index (χ2n) is 8.51. The molecule has 33 heavy (non-hydrogen) atoms. The van der Waals surface area contributed by atoms with Crippen molar-refractivity contribution in [1.29, 1.82) is 0 Å². The van der Waals surface area contributed by atoms with Crippen LogP contribution in [0.2, 0.25) is 0 Å². The third-order valence-corrected chi connectivity index (χ3v) is 7.42. The summed E-state index contributed by atoms with van der Waals surface area (Å²) in [5.41, 5.74) is 1.49. The van der Waals surface area contributed by atoms with Gasteiger partial charge in [0, 0.05) is 24.9 Å². The van der Waals surface area contributed by atoms with Crippen LogP contribution in [0.25, 0.3) is 10.8 Å². The van der Waals surface area contributed by atoms with Crippen LogP contribution < -0.4 is 14.9 Å². The normalized spacial score (nSPS) is 14.0. The van der Waals surface area contributed by atoms with Gasteiger partial charge in [-0.25, -0.2) is 8.42 Å². The first kappa shape index (κ1) is 22.8. The van der Waals surface area contributed by atoms with E-state index in [-0.39, 0.29) is 24.8 Å². The first-order valence-electron chi connectivity index (χ1n) is 11.0. The molecule has 0 unspecified atom stereocenters. The molecule has 1 aliphatic heterocycles. The van der Waals surface area contributed by atoms with E-state index in [1.165, 1.54) is 4.31 Å². The molecule has 0 bridgehead atoms. The van der Waals surface area contributed by atoms with Crippen molar-refractivity contribution in [2.24, 2.45) is 5.92 Å². The summed E-state index contributed by atoms with van der Waals surface area (Å²) >= 11 is 0. The molecule has 1 aliphatic rings. The van der Waals surface area contributed by atoms with E-state index in [1.807, 2.05) is 32.0 Å². The van der Waals surface area contributed by atoms with Gasteiger partial charge in [-0.3, -0.25) is 13.9 Å². The Morgan fingerprint density at radius 1 is 0.970 bits per heavy atom. The maximum Gasteiger partial charge on any atom is 0.265 e. The molecule has 0 aromatic heterocycles. The Hall–Kier alpha value is -3.39. The van der Waals surface area contributed by atoms with Gasteiger partial charge in [0.15, 0.2) is 0 Å². The second kappa shape index (κ2) is 9.23. The van der Waals surface area contributed by atoms with Crippen molar-refractivity contribution in [2.75, 3.05) is 22.7 Å². The molecule has 172 valence electrons. The molecule has 0 aliphatic carbocycles. The quantitative estimate of drug-likeness (QED) is 0.522. The number of hydrogen-bond acceptors (Lipinski definition) is 4. The van der Waals surface area contributed by atoms with Gasteiger partial charge in [0.2, 0.25) is 5.91 Å². The molecule has 4 rings (SSSR count). The van der Waals surface area contributed by atoms with Gasteiger partial charge in [0.05, 0.1) is 21.8 Å². The molecule has 3 aromatic carbocycles. The number of nitrogens with one attached hydrogen (secondary N) is 2. The molecule has 1 heterocycles. The van der Waals surface area contributed by atoms with Gasteiger partial charge in [0.25, 0.3) is 15.9 Å². The number of para-hydroxylation sites is 1. The molecule has 7 nitrogen and oxygen atoms in total. The van der Waals surface area contributed by atoms with Gasteiger partial charge in [-0.15, -0.1) is 0 Å². The third-order valence-electron chi connectivity index (χ3n) is 5.56. The molecule has 2 amide bonds. The number of carbonyl (C=O) groups is 2. The number of benzene rings is 3. The van der Waals surface area contributed by atoms with E-state index >= 15 is 0 Å². The molecule has 0 saturated carbocycles. The Morgan fingerprint density at radius 2 is 1.70 bits per heavy atom. The van der Waals surface area contributed by atoms with Gasteiger partial charge >= 0.3 is 0 Å². The van der Waals surface area contributed by atoms with Crippen LogP contribution in [0.4, 0.5) is 11.4 Å². The van der Waals surface area contributed by atoms with E-state index in [2.05, 4.69) is 10.6 Å². The largest absolute Gasteiger partial charge is 0.352 e. The zero-order chi connectivity index (χ0) is 23.6. The zero-order valence-corrected chi connectivity index (χ0v) is 19.5. The van der Waals surface area contributed by atoms with Gasteiger partial charge in [0.1, 0.15) is 0 Å². The molecule has 0 saturated heterocycles. The molecular weight excluding hydrogens is 438 g/mol. The maximum atomic E-state index is 13.0. The molecule has 8 heteroatoms. The van der Waals surface area contributed by atoms with Gasteiger partial charge in [-0.1, -0.05) is 50.2 Å². The Balaban J connectivity index is 1.41. The van der Waals surface area contributed by atoms with Crippen molar-refractivity contribution in [3.8, 4) is 0 Å². The van der Waals surface area contributed by atoms with Crippen molar-refractivity contribution >= 4 is 44.0 Å². The predicted octanol–water partition coefficient (Wildman–Crippen LogP) is 4.15. The van der Waals surface area contributed by atoms with Crippen LogP contribution in [-0.4, -0.2) is 33.3 Å². The van der Waals surface area contributed by atoms with Crippen LogP contribution in [0.1, 0.15) is 37.0 Å². The highest BCUT2D eigenvalue weighted by Crippen LogP contribution is 2.41. The van der Waals surface area contributed by atoms with E-state index in [0.29, 0.717) is 40.7 Å². The number of carbonyl (C=O) groups excluding carboxylic acids is 2. The van der Waals surface area contributed by atoms with Crippen LogP contribution in [0.15, 0.2) is 65.6 Å². The highest BCUT2D eigenvalue weighted by atomic mass is 32.2. The Kier molecular flexibility index (Phi) is 6.37. The van der Waals surface area contributed by atoms with Crippen LogP contribution in [0.3, 0.4) is 0 Å². The minimum Gasteiger partial charge on any atom is -0.352 e. The Labute approximate surface area is 193 Å². The number of sulfonamides is 1. The Bertz CT molecular complexity index is 1310. The summed E-state index contributed by atoms with van der Waals surface area (Å²) in [4.78, 5) is 25.4. The highest BCUT2D eigenvalue weighted by molar-refractivity contribution is 7.93.